The summed E-state index contributed by atoms with van der Waals surface area (Å²) in [5.74, 6) is 2.31. The number of nitrogens with two attached hydrogens (primary N) is 1. The van der Waals surface area contributed by atoms with Crippen molar-refractivity contribution in [1.29, 1.82) is 0 Å². The summed E-state index contributed by atoms with van der Waals surface area (Å²) in [5, 5.41) is 10.6. The topological polar surface area (TPSA) is 113 Å². The average Bonchev–Trinajstić information content (AvgIpc) is 3.35. The number of aromatic nitrogens is 4. The van der Waals surface area contributed by atoms with Crippen LogP contribution < -0.4 is 16.0 Å². The molecule has 1 atom stereocenters. The van der Waals surface area contributed by atoms with E-state index in [1.807, 2.05) is 17.0 Å². The molecule has 1 aliphatic carbocycles. The minimum atomic E-state index is -0.252. The number of primary amides is 1. The van der Waals surface area contributed by atoms with E-state index in [4.69, 9.17) is 5.73 Å². The molecule has 126 valence electrons. The van der Waals surface area contributed by atoms with E-state index in [-0.39, 0.29) is 11.8 Å². The molecule has 24 heavy (non-hydrogen) atoms. The lowest BCUT2D eigenvalue weighted by atomic mass is 9.98. The zero-order chi connectivity index (χ0) is 16.5. The second-order valence-corrected chi connectivity index (χ2v) is 6.54. The van der Waals surface area contributed by atoms with Gasteiger partial charge in [-0.25, -0.2) is 4.98 Å². The molecule has 3 heterocycles. The highest BCUT2D eigenvalue weighted by molar-refractivity contribution is 5.77. The first-order valence-electron chi connectivity index (χ1n) is 8.38. The van der Waals surface area contributed by atoms with Crippen LogP contribution in [0.1, 0.15) is 37.3 Å². The minimum Gasteiger partial charge on any atom is -0.369 e. The van der Waals surface area contributed by atoms with E-state index in [0.717, 1.165) is 25.2 Å². The average molecular weight is 327 g/mol. The van der Waals surface area contributed by atoms with E-state index in [9.17, 15) is 4.79 Å². The molecular formula is C16H21N7O. The monoisotopic (exact) mass is 327 g/mol. The van der Waals surface area contributed by atoms with Crippen molar-refractivity contribution in [2.24, 2.45) is 11.7 Å². The molecule has 8 nitrogen and oxygen atoms in total. The van der Waals surface area contributed by atoms with Crippen LogP contribution in [0.25, 0.3) is 0 Å². The van der Waals surface area contributed by atoms with Crippen LogP contribution in [0.5, 0.6) is 0 Å². The lowest BCUT2D eigenvalue weighted by molar-refractivity contribution is -0.122. The highest BCUT2D eigenvalue weighted by Crippen LogP contribution is 2.39. The highest BCUT2D eigenvalue weighted by Gasteiger charge is 2.26. The summed E-state index contributed by atoms with van der Waals surface area (Å²) in [6, 6.07) is 3.84. The van der Waals surface area contributed by atoms with Gasteiger partial charge in [-0.2, -0.15) is 10.1 Å². The molecule has 1 amide bonds. The van der Waals surface area contributed by atoms with E-state index in [1.54, 1.807) is 6.20 Å². The SMILES string of the molecule is NC(=O)C1CCCN(c2nccc(Nc3cc(C4CC4)[nH]n3)n2)C1. The predicted octanol–water partition coefficient (Wildman–Crippen LogP) is 1.52. The third-order valence-corrected chi connectivity index (χ3v) is 4.62. The van der Waals surface area contributed by atoms with Gasteiger partial charge >= 0.3 is 0 Å². The Hall–Kier alpha value is -2.64. The fourth-order valence-electron chi connectivity index (χ4n) is 3.10. The van der Waals surface area contributed by atoms with Gasteiger partial charge in [0.2, 0.25) is 11.9 Å². The second kappa shape index (κ2) is 6.10. The molecule has 2 fully saturated rings. The predicted molar refractivity (Wildman–Crippen MR) is 90.0 cm³/mol. The molecule has 4 N–H and O–H groups in total. The van der Waals surface area contributed by atoms with Gasteiger partial charge in [0, 0.05) is 37.0 Å². The van der Waals surface area contributed by atoms with E-state index < -0.39 is 0 Å². The van der Waals surface area contributed by atoms with E-state index in [1.165, 1.54) is 18.5 Å². The number of H-pyrrole nitrogens is 1. The molecule has 0 aromatic carbocycles. The number of carbonyl (C=O) groups excluding carboxylic acids is 1. The molecule has 0 radical (unpaired) electrons. The smallest absolute Gasteiger partial charge is 0.227 e. The first-order chi connectivity index (χ1) is 11.7. The Morgan fingerprint density at radius 2 is 2.21 bits per heavy atom. The standard InChI is InChI=1S/C16H21N7O/c17-15(24)11-2-1-7-23(9-11)16-18-6-5-13(20-16)19-14-8-12(21-22-14)10-3-4-10/h5-6,8,10-11H,1-4,7,9H2,(H2,17,24)(H2,18,19,20,21,22). The third-order valence-electron chi connectivity index (χ3n) is 4.62. The number of hydrogen-bond acceptors (Lipinski definition) is 6. The fourth-order valence-corrected chi connectivity index (χ4v) is 3.10. The Morgan fingerprint density at radius 3 is 3.00 bits per heavy atom. The highest BCUT2D eigenvalue weighted by atomic mass is 16.1. The van der Waals surface area contributed by atoms with Crippen LogP contribution in [0.15, 0.2) is 18.3 Å². The number of anilines is 3. The summed E-state index contributed by atoms with van der Waals surface area (Å²) in [5.41, 5.74) is 6.61. The van der Waals surface area contributed by atoms with Gasteiger partial charge in [0.05, 0.1) is 5.92 Å². The molecule has 2 aromatic rings. The van der Waals surface area contributed by atoms with Crippen LogP contribution in [0.4, 0.5) is 17.6 Å². The molecule has 0 bridgehead atoms. The Labute approximate surface area is 139 Å². The first kappa shape index (κ1) is 14.9. The van der Waals surface area contributed by atoms with Crippen molar-refractivity contribution in [2.75, 3.05) is 23.3 Å². The maximum atomic E-state index is 11.4. The number of rotatable bonds is 5. The van der Waals surface area contributed by atoms with Gasteiger partial charge in [-0.05, 0) is 31.7 Å². The molecule has 2 aromatic heterocycles. The van der Waals surface area contributed by atoms with Crippen molar-refractivity contribution in [3.8, 4) is 0 Å². The van der Waals surface area contributed by atoms with Gasteiger partial charge < -0.3 is 16.0 Å². The van der Waals surface area contributed by atoms with Crippen LogP contribution in [0, 0.1) is 5.92 Å². The van der Waals surface area contributed by atoms with Crippen molar-refractivity contribution >= 4 is 23.5 Å². The molecule has 2 aliphatic rings. The van der Waals surface area contributed by atoms with E-state index >= 15 is 0 Å². The summed E-state index contributed by atoms with van der Waals surface area (Å²) in [4.78, 5) is 22.3. The minimum absolute atomic E-state index is 0.133. The number of carbonyl (C=O) groups is 1. The molecule has 1 unspecified atom stereocenters. The van der Waals surface area contributed by atoms with Crippen molar-refractivity contribution < 1.29 is 4.79 Å². The van der Waals surface area contributed by atoms with Crippen molar-refractivity contribution in [3.63, 3.8) is 0 Å². The van der Waals surface area contributed by atoms with Gasteiger partial charge in [-0.15, -0.1) is 0 Å². The molecule has 4 rings (SSSR count). The van der Waals surface area contributed by atoms with Crippen LogP contribution >= 0.6 is 0 Å². The number of hydrogen-bond donors (Lipinski definition) is 3. The molecule has 1 saturated carbocycles. The van der Waals surface area contributed by atoms with Gasteiger partial charge in [-0.1, -0.05) is 0 Å². The molecule has 0 spiro atoms. The number of nitrogens with zero attached hydrogens (tertiary/aromatic N) is 4. The van der Waals surface area contributed by atoms with E-state index in [0.29, 0.717) is 24.2 Å². The number of amides is 1. The Bertz CT molecular complexity index is 740. The van der Waals surface area contributed by atoms with Gasteiger partial charge in [0.25, 0.3) is 0 Å². The van der Waals surface area contributed by atoms with E-state index in [2.05, 4.69) is 25.5 Å². The van der Waals surface area contributed by atoms with Gasteiger partial charge in [-0.3, -0.25) is 9.89 Å². The molecule has 1 aliphatic heterocycles. The number of aromatic amines is 1. The summed E-state index contributed by atoms with van der Waals surface area (Å²) in [6.45, 7) is 1.41. The van der Waals surface area contributed by atoms with Crippen LogP contribution in [0.2, 0.25) is 0 Å². The van der Waals surface area contributed by atoms with Crippen LogP contribution in [-0.2, 0) is 4.79 Å². The van der Waals surface area contributed by atoms with Crippen molar-refractivity contribution in [2.45, 2.75) is 31.6 Å². The Kier molecular flexibility index (Phi) is 3.79. The zero-order valence-corrected chi connectivity index (χ0v) is 13.4. The zero-order valence-electron chi connectivity index (χ0n) is 13.4. The third kappa shape index (κ3) is 3.17. The summed E-state index contributed by atoms with van der Waals surface area (Å²) in [6.07, 6.45) is 5.93. The first-order valence-corrected chi connectivity index (χ1v) is 8.38. The van der Waals surface area contributed by atoms with Gasteiger partial charge in [0.15, 0.2) is 5.82 Å². The van der Waals surface area contributed by atoms with Crippen molar-refractivity contribution in [3.05, 3.63) is 24.0 Å². The molecule has 8 heteroatoms. The molecule has 1 saturated heterocycles. The maximum Gasteiger partial charge on any atom is 0.227 e. The lowest BCUT2D eigenvalue weighted by Gasteiger charge is -2.31. The second-order valence-electron chi connectivity index (χ2n) is 6.54. The largest absolute Gasteiger partial charge is 0.369 e. The molecular weight excluding hydrogens is 306 g/mol. The fraction of sp³-hybridized carbons (Fsp3) is 0.500. The lowest BCUT2D eigenvalue weighted by Crippen LogP contribution is -2.41. The normalized spacial score (nSPS) is 20.8. The quantitative estimate of drug-likeness (QED) is 0.767. The Morgan fingerprint density at radius 1 is 1.33 bits per heavy atom. The van der Waals surface area contributed by atoms with Crippen LogP contribution in [-0.4, -0.2) is 39.2 Å². The Balaban J connectivity index is 1.47. The summed E-state index contributed by atoms with van der Waals surface area (Å²) < 4.78 is 0. The number of nitrogens with one attached hydrogen (secondary N) is 2. The summed E-state index contributed by atoms with van der Waals surface area (Å²) in [7, 11) is 0. The van der Waals surface area contributed by atoms with Gasteiger partial charge in [0.1, 0.15) is 5.82 Å². The van der Waals surface area contributed by atoms with Crippen molar-refractivity contribution in [1.82, 2.24) is 20.2 Å². The number of piperidine rings is 1. The van der Waals surface area contributed by atoms with Crippen LogP contribution in [0.3, 0.4) is 0 Å². The summed E-state index contributed by atoms with van der Waals surface area (Å²) >= 11 is 0. The maximum absolute atomic E-state index is 11.4.